The Balaban J connectivity index is 1.24. The number of likely N-dealkylation sites (N-methyl/N-ethyl adjacent to an activating group) is 1. The summed E-state index contributed by atoms with van der Waals surface area (Å²) in [6, 6.07) is 16.3. The molecule has 6 rings (SSSR count). The van der Waals surface area contributed by atoms with Crippen LogP contribution in [0.5, 0.6) is 11.5 Å². The van der Waals surface area contributed by atoms with Gasteiger partial charge in [-0.15, -0.1) is 0 Å². The van der Waals surface area contributed by atoms with E-state index < -0.39 is 17.6 Å². The van der Waals surface area contributed by atoms with Gasteiger partial charge in [-0.25, -0.2) is 4.98 Å². The van der Waals surface area contributed by atoms with E-state index in [2.05, 4.69) is 25.2 Å². The third-order valence-corrected chi connectivity index (χ3v) is 7.78. The SMILES string of the molecule is Cc1ccc(C(=O)Nc2ccc(CN3CCN(C)CC3)c(C(F)(F)F)c2)cc1Oc1cc(-c2cccnc2)nc2[nH]ccc12. The highest BCUT2D eigenvalue weighted by atomic mass is 19.4. The second kappa shape index (κ2) is 12.1. The lowest BCUT2D eigenvalue weighted by Gasteiger charge is -2.33. The fourth-order valence-corrected chi connectivity index (χ4v) is 5.23. The molecule has 8 nitrogen and oxygen atoms in total. The first-order valence-electron chi connectivity index (χ1n) is 14.2. The average Bonchev–Trinajstić information content (AvgIpc) is 3.49. The molecular formula is C33H31F3N6O2. The van der Waals surface area contributed by atoms with Crippen molar-refractivity contribution in [1.82, 2.24) is 24.8 Å². The zero-order chi connectivity index (χ0) is 30.8. The van der Waals surface area contributed by atoms with Crippen molar-refractivity contribution in [2.45, 2.75) is 19.6 Å². The van der Waals surface area contributed by atoms with Gasteiger partial charge in [0.2, 0.25) is 0 Å². The molecule has 0 atom stereocenters. The smallest absolute Gasteiger partial charge is 0.416 e. The minimum absolute atomic E-state index is 0.0665. The van der Waals surface area contributed by atoms with Crippen LogP contribution < -0.4 is 10.1 Å². The number of carbonyl (C=O) groups excluding carboxylic acids is 1. The number of hydrogen-bond donors (Lipinski definition) is 2. The lowest BCUT2D eigenvalue weighted by molar-refractivity contribution is -0.138. The number of piperazine rings is 1. The average molecular weight is 601 g/mol. The molecule has 1 amide bonds. The number of rotatable bonds is 7. The van der Waals surface area contributed by atoms with Crippen LogP contribution in [0.2, 0.25) is 0 Å². The first-order chi connectivity index (χ1) is 21.1. The highest BCUT2D eigenvalue weighted by Gasteiger charge is 2.34. The van der Waals surface area contributed by atoms with E-state index in [0.717, 1.165) is 35.7 Å². The molecule has 0 aliphatic carbocycles. The largest absolute Gasteiger partial charge is 0.456 e. The summed E-state index contributed by atoms with van der Waals surface area (Å²) in [5.41, 5.74) is 2.62. The molecule has 0 radical (unpaired) electrons. The number of aromatic nitrogens is 3. The minimum Gasteiger partial charge on any atom is -0.456 e. The molecule has 0 saturated carbocycles. The summed E-state index contributed by atoms with van der Waals surface area (Å²) >= 11 is 0. The van der Waals surface area contributed by atoms with Crippen LogP contribution in [0.3, 0.4) is 0 Å². The lowest BCUT2D eigenvalue weighted by Crippen LogP contribution is -2.44. The molecule has 2 aromatic carbocycles. The van der Waals surface area contributed by atoms with Crippen molar-refractivity contribution >= 4 is 22.6 Å². The number of halogens is 3. The van der Waals surface area contributed by atoms with E-state index in [0.29, 0.717) is 35.9 Å². The summed E-state index contributed by atoms with van der Waals surface area (Å²) in [4.78, 5) is 29.4. The number of hydrogen-bond acceptors (Lipinski definition) is 6. The van der Waals surface area contributed by atoms with Gasteiger partial charge < -0.3 is 19.9 Å². The summed E-state index contributed by atoms with van der Waals surface area (Å²) in [7, 11) is 2.00. The van der Waals surface area contributed by atoms with Crippen molar-refractivity contribution in [2.75, 3.05) is 38.5 Å². The maximum Gasteiger partial charge on any atom is 0.416 e. The molecule has 44 heavy (non-hydrogen) atoms. The van der Waals surface area contributed by atoms with Crippen molar-refractivity contribution < 1.29 is 22.7 Å². The van der Waals surface area contributed by atoms with Gasteiger partial charge in [0.1, 0.15) is 17.1 Å². The van der Waals surface area contributed by atoms with Crippen molar-refractivity contribution in [1.29, 1.82) is 0 Å². The molecular weight excluding hydrogens is 569 g/mol. The maximum absolute atomic E-state index is 14.1. The number of benzene rings is 2. The fourth-order valence-electron chi connectivity index (χ4n) is 5.23. The molecule has 226 valence electrons. The number of amides is 1. The number of nitrogens with zero attached hydrogens (tertiary/aromatic N) is 4. The summed E-state index contributed by atoms with van der Waals surface area (Å²) in [6.07, 6.45) is 0.595. The molecule has 1 fully saturated rings. The molecule has 1 aliphatic heterocycles. The van der Waals surface area contributed by atoms with Crippen LogP contribution in [0.15, 0.2) is 79.3 Å². The van der Waals surface area contributed by atoms with E-state index in [4.69, 9.17) is 4.74 Å². The first-order valence-corrected chi connectivity index (χ1v) is 14.2. The number of anilines is 1. The topological polar surface area (TPSA) is 86.4 Å². The monoisotopic (exact) mass is 600 g/mol. The Morgan fingerprint density at radius 1 is 1.02 bits per heavy atom. The predicted octanol–water partition coefficient (Wildman–Crippen LogP) is 6.74. The van der Waals surface area contributed by atoms with Gasteiger partial charge in [-0.05, 0) is 67.6 Å². The van der Waals surface area contributed by atoms with Crippen molar-refractivity contribution in [3.63, 3.8) is 0 Å². The molecule has 5 aromatic rings. The number of nitrogens with one attached hydrogen (secondary N) is 2. The van der Waals surface area contributed by atoms with Crippen LogP contribution in [0.1, 0.15) is 27.0 Å². The van der Waals surface area contributed by atoms with Crippen LogP contribution in [-0.4, -0.2) is 63.9 Å². The number of pyridine rings is 2. The zero-order valence-electron chi connectivity index (χ0n) is 24.3. The molecule has 0 unspecified atom stereocenters. The van der Waals surface area contributed by atoms with E-state index in [1.165, 1.54) is 12.1 Å². The van der Waals surface area contributed by atoms with Gasteiger partial charge >= 0.3 is 6.18 Å². The van der Waals surface area contributed by atoms with E-state index in [1.54, 1.807) is 36.8 Å². The van der Waals surface area contributed by atoms with Gasteiger partial charge in [0.25, 0.3) is 5.91 Å². The van der Waals surface area contributed by atoms with Gasteiger partial charge in [-0.3, -0.25) is 14.7 Å². The van der Waals surface area contributed by atoms with Gasteiger partial charge in [0.05, 0.1) is 16.6 Å². The zero-order valence-corrected chi connectivity index (χ0v) is 24.3. The quantitative estimate of drug-likeness (QED) is 0.215. The summed E-state index contributed by atoms with van der Waals surface area (Å²) in [6.45, 7) is 5.06. The van der Waals surface area contributed by atoms with E-state index >= 15 is 0 Å². The molecule has 1 aliphatic rings. The fraction of sp³-hybridized carbons (Fsp3) is 0.242. The first kappa shape index (κ1) is 29.3. The van der Waals surface area contributed by atoms with Crippen molar-refractivity contribution in [2.24, 2.45) is 0 Å². The van der Waals surface area contributed by atoms with E-state index in [1.807, 2.05) is 43.1 Å². The van der Waals surface area contributed by atoms with Crippen LogP contribution in [-0.2, 0) is 12.7 Å². The molecule has 2 N–H and O–H groups in total. The van der Waals surface area contributed by atoms with E-state index in [-0.39, 0.29) is 23.4 Å². The summed E-state index contributed by atoms with van der Waals surface area (Å²) < 4.78 is 48.5. The van der Waals surface area contributed by atoms with Gasteiger partial charge in [0.15, 0.2) is 0 Å². The van der Waals surface area contributed by atoms with Crippen LogP contribution in [0.25, 0.3) is 22.3 Å². The number of aryl methyl sites for hydroxylation is 1. The Morgan fingerprint density at radius 2 is 1.84 bits per heavy atom. The summed E-state index contributed by atoms with van der Waals surface area (Å²) in [5.74, 6) is 0.413. The van der Waals surface area contributed by atoms with Crippen molar-refractivity contribution in [3.8, 4) is 22.8 Å². The molecule has 0 bridgehead atoms. The number of ether oxygens (including phenoxy) is 1. The Kier molecular flexibility index (Phi) is 8.07. The Bertz CT molecular complexity index is 1800. The van der Waals surface area contributed by atoms with Gasteiger partial charge in [-0.2, -0.15) is 13.2 Å². The Morgan fingerprint density at radius 3 is 2.59 bits per heavy atom. The van der Waals surface area contributed by atoms with Gasteiger partial charge in [-0.1, -0.05) is 12.1 Å². The molecule has 1 saturated heterocycles. The lowest BCUT2D eigenvalue weighted by atomic mass is 10.0. The Labute approximate surface area is 252 Å². The van der Waals surface area contributed by atoms with Crippen molar-refractivity contribution in [3.05, 3.63) is 102 Å². The van der Waals surface area contributed by atoms with E-state index in [9.17, 15) is 18.0 Å². The number of fused-ring (bicyclic) bond motifs is 1. The Hall–Kier alpha value is -4.74. The minimum atomic E-state index is -4.56. The number of carbonyl (C=O) groups is 1. The second-order valence-corrected chi connectivity index (χ2v) is 11.0. The highest BCUT2D eigenvalue weighted by molar-refractivity contribution is 6.04. The second-order valence-electron chi connectivity index (χ2n) is 11.0. The molecule has 4 heterocycles. The maximum atomic E-state index is 14.1. The van der Waals surface area contributed by atoms with Crippen LogP contribution in [0, 0.1) is 6.92 Å². The molecule has 0 spiro atoms. The third-order valence-electron chi connectivity index (χ3n) is 7.78. The third kappa shape index (κ3) is 6.43. The molecule has 11 heteroatoms. The van der Waals surface area contributed by atoms with Gasteiger partial charge in [0, 0.05) is 74.2 Å². The predicted molar refractivity (Wildman–Crippen MR) is 163 cm³/mol. The summed E-state index contributed by atoms with van der Waals surface area (Å²) in [5, 5.41) is 3.39. The number of H-pyrrole nitrogens is 1. The normalized spacial score (nSPS) is 14.6. The highest BCUT2D eigenvalue weighted by Crippen LogP contribution is 2.36. The standard InChI is InChI=1S/C33H31F3N6O2/c1-21-5-6-22(16-29(21)44-30-18-28(23-4-3-10-37-19-23)40-31-26(30)9-11-38-31)32(43)39-25-8-7-24(27(17-25)33(34,35)36)20-42-14-12-41(2)13-15-42/h3-11,16-19H,12-15,20H2,1-2H3,(H,38,40)(H,39,43). The van der Waals surface area contributed by atoms with Crippen LogP contribution >= 0.6 is 0 Å². The molecule has 3 aromatic heterocycles. The van der Waals surface area contributed by atoms with Crippen LogP contribution in [0.4, 0.5) is 18.9 Å². The number of aromatic amines is 1. The number of alkyl halides is 3.